The van der Waals surface area contributed by atoms with Crippen LogP contribution in [-0.4, -0.2) is 18.5 Å². The summed E-state index contributed by atoms with van der Waals surface area (Å²) in [6.07, 6.45) is 0. The first-order valence-corrected chi connectivity index (χ1v) is 5.67. The zero-order chi connectivity index (χ0) is 11.4. The zero-order valence-electron chi connectivity index (χ0n) is 8.67. The smallest absolute Gasteiger partial charge is 0.251 e. The van der Waals surface area contributed by atoms with Crippen molar-refractivity contribution in [1.82, 2.24) is 5.32 Å². The van der Waals surface area contributed by atoms with Crippen molar-refractivity contribution in [3.63, 3.8) is 0 Å². The minimum atomic E-state index is -0.148. The van der Waals surface area contributed by atoms with Gasteiger partial charge >= 0.3 is 0 Å². The third-order valence-electron chi connectivity index (χ3n) is 1.91. The topological polar surface area (TPSA) is 55.1 Å². The van der Waals surface area contributed by atoms with Crippen molar-refractivity contribution in [2.75, 3.05) is 6.54 Å². The molecule has 90 valence electrons. The van der Waals surface area contributed by atoms with Crippen LogP contribution in [0, 0.1) is 0 Å². The van der Waals surface area contributed by atoms with Gasteiger partial charge in [0, 0.05) is 22.6 Å². The van der Waals surface area contributed by atoms with E-state index in [1.54, 1.807) is 18.2 Å². The fourth-order valence-electron chi connectivity index (χ4n) is 1.00. The van der Waals surface area contributed by atoms with Crippen molar-refractivity contribution in [3.8, 4) is 0 Å². The Morgan fingerprint density at radius 1 is 1.62 bits per heavy atom. The van der Waals surface area contributed by atoms with Crippen LogP contribution in [0.25, 0.3) is 0 Å². The number of nitrogens with one attached hydrogen (secondary N) is 1. The van der Waals surface area contributed by atoms with Crippen molar-refractivity contribution >= 4 is 45.8 Å². The van der Waals surface area contributed by atoms with Gasteiger partial charge in [0.05, 0.1) is 5.02 Å². The maximum Gasteiger partial charge on any atom is 0.251 e. The molecule has 0 aliphatic carbocycles. The predicted molar refractivity (Wildman–Crippen MR) is 72.4 cm³/mol. The van der Waals surface area contributed by atoms with Crippen LogP contribution in [0.15, 0.2) is 22.7 Å². The number of benzene rings is 1. The van der Waals surface area contributed by atoms with Gasteiger partial charge < -0.3 is 11.1 Å². The van der Waals surface area contributed by atoms with E-state index in [2.05, 4.69) is 21.2 Å². The molecule has 3 nitrogen and oxygen atoms in total. The molecule has 0 aliphatic rings. The zero-order valence-corrected chi connectivity index (χ0v) is 11.8. The van der Waals surface area contributed by atoms with Crippen molar-refractivity contribution in [3.05, 3.63) is 33.3 Å². The summed E-state index contributed by atoms with van der Waals surface area (Å²) in [5.41, 5.74) is 5.97. The monoisotopic (exact) mass is 326 g/mol. The molecule has 3 N–H and O–H groups in total. The summed E-state index contributed by atoms with van der Waals surface area (Å²) >= 11 is 9.08. The van der Waals surface area contributed by atoms with E-state index in [-0.39, 0.29) is 24.4 Å². The summed E-state index contributed by atoms with van der Waals surface area (Å²) in [7, 11) is 0. The Labute approximate surface area is 114 Å². The molecule has 1 rings (SSSR count). The Morgan fingerprint density at radius 3 is 2.75 bits per heavy atom. The fourth-order valence-corrected chi connectivity index (χ4v) is 1.50. The molecule has 1 aromatic carbocycles. The average Bonchev–Trinajstić information content (AvgIpc) is 2.21. The molecule has 1 aromatic rings. The lowest BCUT2D eigenvalue weighted by atomic mass is 10.2. The highest BCUT2D eigenvalue weighted by molar-refractivity contribution is 9.10. The molecule has 0 spiro atoms. The first-order chi connectivity index (χ1) is 7.04. The van der Waals surface area contributed by atoms with Crippen LogP contribution < -0.4 is 11.1 Å². The number of hydrogen-bond acceptors (Lipinski definition) is 2. The Bertz CT molecular complexity index is 374. The molecule has 0 saturated heterocycles. The van der Waals surface area contributed by atoms with Crippen molar-refractivity contribution in [2.24, 2.45) is 5.73 Å². The molecule has 0 unspecified atom stereocenters. The molecule has 0 radical (unpaired) electrons. The minimum absolute atomic E-state index is 0. The third kappa shape index (κ3) is 4.29. The lowest BCUT2D eigenvalue weighted by Crippen LogP contribution is -2.37. The summed E-state index contributed by atoms with van der Waals surface area (Å²) in [4.78, 5) is 11.6. The molecule has 1 atom stereocenters. The first kappa shape index (κ1) is 15.7. The van der Waals surface area contributed by atoms with E-state index < -0.39 is 0 Å². The van der Waals surface area contributed by atoms with E-state index in [0.29, 0.717) is 21.6 Å². The lowest BCUT2D eigenvalue weighted by Gasteiger charge is -2.11. The fraction of sp³-hybridized carbons (Fsp3) is 0.300. The molecule has 0 bridgehead atoms. The number of hydrogen-bond donors (Lipinski definition) is 2. The number of carbonyl (C=O) groups excluding carboxylic acids is 1. The van der Waals surface area contributed by atoms with Crippen LogP contribution in [0.1, 0.15) is 17.3 Å². The molecule has 0 fully saturated rings. The second-order valence-corrected chi connectivity index (χ2v) is 4.50. The summed E-state index contributed by atoms with van der Waals surface area (Å²) in [5.74, 6) is -0.148. The predicted octanol–water partition coefficient (Wildman–Crippen LogP) is 2.60. The minimum Gasteiger partial charge on any atom is -0.348 e. The van der Waals surface area contributed by atoms with Crippen molar-refractivity contribution in [2.45, 2.75) is 13.0 Å². The van der Waals surface area contributed by atoms with Gasteiger partial charge in [0.1, 0.15) is 0 Å². The second kappa shape index (κ2) is 7.12. The van der Waals surface area contributed by atoms with Gasteiger partial charge in [-0.25, -0.2) is 0 Å². The molecule has 1 amide bonds. The van der Waals surface area contributed by atoms with Crippen LogP contribution in [0.5, 0.6) is 0 Å². The van der Waals surface area contributed by atoms with Gasteiger partial charge in [-0.2, -0.15) is 0 Å². The molecule has 6 heteroatoms. The second-order valence-electron chi connectivity index (χ2n) is 3.24. The Kier molecular flexibility index (Phi) is 6.99. The van der Waals surface area contributed by atoms with Gasteiger partial charge in [-0.05, 0) is 41.1 Å². The summed E-state index contributed by atoms with van der Waals surface area (Å²) in [6, 6.07) is 4.99. The molecular formula is C10H13BrCl2N2O. The molecule has 0 aliphatic heterocycles. The molecule has 0 heterocycles. The van der Waals surface area contributed by atoms with E-state index >= 15 is 0 Å². The maximum atomic E-state index is 11.6. The summed E-state index contributed by atoms with van der Waals surface area (Å²) in [6.45, 7) is 2.27. The highest BCUT2D eigenvalue weighted by Gasteiger charge is 2.09. The maximum absolute atomic E-state index is 11.6. The van der Waals surface area contributed by atoms with Gasteiger partial charge in [-0.3, -0.25) is 4.79 Å². The number of halogens is 3. The quantitative estimate of drug-likeness (QED) is 0.896. The first-order valence-electron chi connectivity index (χ1n) is 4.50. The van der Waals surface area contributed by atoms with Crippen LogP contribution in [0.3, 0.4) is 0 Å². The Balaban J connectivity index is 0.00000225. The van der Waals surface area contributed by atoms with Crippen LogP contribution in [-0.2, 0) is 0 Å². The van der Waals surface area contributed by atoms with Gasteiger partial charge in [0.2, 0.25) is 0 Å². The summed E-state index contributed by atoms with van der Waals surface area (Å²) in [5, 5.41) is 3.35. The van der Waals surface area contributed by atoms with Gasteiger partial charge in [0.15, 0.2) is 0 Å². The number of nitrogens with two attached hydrogens (primary N) is 1. The van der Waals surface area contributed by atoms with E-state index in [1.165, 1.54) is 0 Å². The van der Waals surface area contributed by atoms with Crippen LogP contribution >= 0.6 is 39.9 Å². The Morgan fingerprint density at radius 2 is 2.25 bits per heavy atom. The van der Waals surface area contributed by atoms with Gasteiger partial charge in [-0.15, -0.1) is 12.4 Å². The average molecular weight is 328 g/mol. The standard InChI is InChI=1S/C10H12BrClN2O.ClH/c1-6(5-13)14-10(15)7-2-3-9(12)8(11)4-7;/h2-4,6H,5,13H2,1H3,(H,14,15);1H/t6-;/m1./s1. The van der Waals surface area contributed by atoms with E-state index in [1.807, 2.05) is 6.92 Å². The van der Waals surface area contributed by atoms with E-state index in [9.17, 15) is 4.79 Å². The summed E-state index contributed by atoms with van der Waals surface area (Å²) < 4.78 is 0.706. The number of amides is 1. The van der Waals surface area contributed by atoms with E-state index in [0.717, 1.165) is 0 Å². The highest BCUT2D eigenvalue weighted by atomic mass is 79.9. The SMILES string of the molecule is C[C@H](CN)NC(=O)c1ccc(Cl)c(Br)c1.Cl. The molecule has 0 aromatic heterocycles. The van der Waals surface area contributed by atoms with Crippen molar-refractivity contribution in [1.29, 1.82) is 0 Å². The largest absolute Gasteiger partial charge is 0.348 e. The lowest BCUT2D eigenvalue weighted by molar-refractivity contribution is 0.0941. The highest BCUT2D eigenvalue weighted by Crippen LogP contribution is 2.23. The number of carbonyl (C=O) groups is 1. The van der Waals surface area contributed by atoms with E-state index in [4.69, 9.17) is 17.3 Å². The normalized spacial score (nSPS) is 11.5. The van der Waals surface area contributed by atoms with Gasteiger partial charge in [0.25, 0.3) is 5.91 Å². The number of rotatable bonds is 3. The van der Waals surface area contributed by atoms with Gasteiger partial charge in [-0.1, -0.05) is 11.6 Å². The molecule has 0 saturated carbocycles. The Hall–Kier alpha value is -0.290. The molecular weight excluding hydrogens is 315 g/mol. The molecule has 16 heavy (non-hydrogen) atoms. The van der Waals surface area contributed by atoms with Crippen LogP contribution in [0.2, 0.25) is 5.02 Å². The van der Waals surface area contributed by atoms with Crippen LogP contribution in [0.4, 0.5) is 0 Å². The van der Waals surface area contributed by atoms with Crippen molar-refractivity contribution < 1.29 is 4.79 Å². The third-order valence-corrected chi connectivity index (χ3v) is 3.13.